The summed E-state index contributed by atoms with van der Waals surface area (Å²) in [6.45, 7) is 2.79. The number of nitrogens with one attached hydrogen (secondary N) is 2. The molecule has 2 N–H and O–H groups in total. The number of carbonyl (C=O) groups is 1. The van der Waals surface area contributed by atoms with Crippen LogP contribution in [0.5, 0.6) is 0 Å². The molecule has 0 saturated heterocycles. The molecule has 0 saturated carbocycles. The largest absolute Gasteiger partial charge is 0.354 e. The van der Waals surface area contributed by atoms with E-state index in [4.69, 9.17) is 23.2 Å². The molecular weight excluding hydrogens is 367 g/mol. The molecule has 3 aromatic carbocycles. The van der Waals surface area contributed by atoms with Gasteiger partial charge in [-0.05, 0) is 42.1 Å². The van der Waals surface area contributed by atoms with E-state index in [2.05, 4.69) is 17.6 Å². The van der Waals surface area contributed by atoms with Crippen molar-refractivity contribution in [2.24, 2.45) is 0 Å². The average Bonchev–Trinajstić information content (AvgIpc) is 2.64. The minimum absolute atomic E-state index is 0.0503. The molecule has 5 heteroatoms. The molecular formula is C21H20Cl2N2O. The van der Waals surface area contributed by atoms with Crippen molar-refractivity contribution in [2.45, 2.75) is 19.8 Å². The van der Waals surface area contributed by atoms with Crippen molar-refractivity contribution in [3.8, 4) is 0 Å². The van der Waals surface area contributed by atoms with Gasteiger partial charge in [-0.3, -0.25) is 4.79 Å². The van der Waals surface area contributed by atoms with Crippen LogP contribution in [0, 0.1) is 0 Å². The summed E-state index contributed by atoms with van der Waals surface area (Å²) in [5.41, 5.74) is 2.32. The molecule has 3 nitrogen and oxygen atoms in total. The van der Waals surface area contributed by atoms with Gasteiger partial charge in [0, 0.05) is 28.2 Å². The molecule has 0 aliphatic carbocycles. The van der Waals surface area contributed by atoms with Crippen molar-refractivity contribution >= 4 is 51.3 Å². The van der Waals surface area contributed by atoms with Crippen molar-refractivity contribution in [3.05, 3.63) is 70.2 Å². The third-order valence-corrected chi connectivity index (χ3v) is 4.73. The Morgan fingerprint density at radius 3 is 2.42 bits per heavy atom. The molecule has 0 heterocycles. The highest BCUT2D eigenvalue weighted by molar-refractivity contribution is 6.36. The summed E-state index contributed by atoms with van der Waals surface area (Å²) in [5.74, 6) is -0.0503. The number of halogens is 2. The lowest BCUT2D eigenvalue weighted by atomic mass is 10.0. The molecule has 1 amide bonds. The Balaban J connectivity index is 1.96. The Labute approximate surface area is 163 Å². The average molecular weight is 387 g/mol. The first-order valence-corrected chi connectivity index (χ1v) is 9.37. The summed E-state index contributed by atoms with van der Waals surface area (Å²) < 4.78 is 0. The molecule has 0 aliphatic heterocycles. The van der Waals surface area contributed by atoms with Crippen LogP contribution in [-0.2, 0) is 0 Å². The summed E-state index contributed by atoms with van der Waals surface area (Å²) in [6, 6.07) is 16.9. The zero-order chi connectivity index (χ0) is 18.5. The Morgan fingerprint density at radius 1 is 0.962 bits per heavy atom. The lowest BCUT2D eigenvalue weighted by Gasteiger charge is -2.14. The van der Waals surface area contributed by atoms with Gasteiger partial charge < -0.3 is 10.6 Å². The van der Waals surface area contributed by atoms with E-state index in [1.165, 1.54) is 0 Å². The van der Waals surface area contributed by atoms with Gasteiger partial charge in [0.25, 0.3) is 5.91 Å². The normalized spacial score (nSPS) is 10.7. The molecule has 3 rings (SSSR count). The van der Waals surface area contributed by atoms with E-state index in [1.54, 1.807) is 12.1 Å². The minimum Gasteiger partial charge on any atom is -0.354 e. The van der Waals surface area contributed by atoms with E-state index in [9.17, 15) is 4.79 Å². The lowest BCUT2D eigenvalue weighted by molar-refractivity contribution is 0.0955. The van der Waals surface area contributed by atoms with E-state index < -0.39 is 0 Å². The monoisotopic (exact) mass is 386 g/mol. The summed E-state index contributed by atoms with van der Waals surface area (Å²) in [7, 11) is 0. The molecule has 0 radical (unpaired) electrons. The summed E-state index contributed by atoms with van der Waals surface area (Å²) >= 11 is 12.2. The molecule has 0 spiro atoms. The fourth-order valence-electron chi connectivity index (χ4n) is 2.82. The number of rotatable bonds is 6. The van der Waals surface area contributed by atoms with E-state index in [1.807, 2.05) is 42.5 Å². The van der Waals surface area contributed by atoms with Gasteiger partial charge >= 0.3 is 0 Å². The Kier molecular flexibility index (Phi) is 6.02. The maximum absolute atomic E-state index is 12.5. The predicted molar refractivity (Wildman–Crippen MR) is 111 cm³/mol. The first-order chi connectivity index (χ1) is 12.6. The number of anilines is 2. The number of carbonyl (C=O) groups excluding carboxylic acids is 1. The number of unbranched alkanes of at least 4 members (excludes halogenated alkanes) is 1. The fourth-order valence-corrected chi connectivity index (χ4v) is 3.27. The zero-order valence-electron chi connectivity index (χ0n) is 14.5. The zero-order valence-corrected chi connectivity index (χ0v) is 16.0. The second kappa shape index (κ2) is 8.43. The molecule has 134 valence electrons. The topological polar surface area (TPSA) is 41.1 Å². The number of fused-ring (bicyclic) bond motifs is 1. The van der Waals surface area contributed by atoms with Crippen LogP contribution >= 0.6 is 23.2 Å². The Hall–Kier alpha value is -2.23. The highest BCUT2D eigenvalue weighted by atomic mass is 35.5. The maximum atomic E-state index is 12.5. The first-order valence-electron chi connectivity index (χ1n) is 8.62. The van der Waals surface area contributed by atoms with E-state index in [0.717, 1.165) is 35.0 Å². The quantitative estimate of drug-likeness (QED) is 0.479. The van der Waals surface area contributed by atoms with Gasteiger partial charge in [-0.15, -0.1) is 0 Å². The van der Waals surface area contributed by atoms with Crippen LogP contribution in [0.25, 0.3) is 10.8 Å². The molecule has 0 unspecified atom stereocenters. The van der Waals surface area contributed by atoms with Crippen LogP contribution in [0.4, 0.5) is 11.4 Å². The van der Waals surface area contributed by atoms with Gasteiger partial charge in [-0.25, -0.2) is 0 Å². The molecule has 0 aliphatic rings. The molecule has 0 aromatic heterocycles. The summed E-state index contributed by atoms with van der Waals surface area (Å²) in [6.07, 6.45) is 2.02. The lowest BCUT2D eigenvalue weighted by Crippen LogP contribution is -2.24. The number of hydrogen-bond donors (Lipinski definition) is 2. The Bertz CT molecular complexity index is 940. The number of benzene rings is 3. The molecule has 3 aromatic rings. The van der Waals surface area contributed by atoms with Gasteiger partial charge in [0.05, 0.1) is 10.7 Å². The summed E-state index contributed by atoms with van der Waals surface area (Å²) in [5, 5.41) is 9.31. The summed E-state index contributed by atoms with van der Waals surface area (Å²) in [4.78, 5) is 12.5. The molecule has 0 atom stereocenters. The van der Waals surface area contributed by atoms with Crippen molar-refractivity contribution < 1.29 is 4.79 Å². The van der Waals surface area contributed by atoms with E-state index in [-0.39, 0.29) is 5.91 Å². The smallest absolute Gasteiger partial charge is 0.251 e. The van der Waals surface area contributed by atoms with Gasteiger partial charge in [0.2, 0.25) is 0 Å². The van der Waals surface area contributed by atoms with Crippen LogP contribution in [0.2, 0.25) is 10.0 Å². The van der Waals surface area contributed by atoms with Crippen LogP contribution < -0.4 is 10.6 Å². The fraction of sp³-hybridized carbons (Fsp3) is 0.190. The van der Waals surface area contributed by atoms with Crippen LogP contribution in [0.15, 0.2) is 54.6 Å². The minimum atomic E-state index is -0.0503. The van der Waals surface area contributed by atoms with Gasteiger partial charge in [-0.1, -0.05) is 60.8 Å². The Morgan fingerprint density at radius 2 is 1.69 bits per heavy atom. The highest BCUT2D eigenvalue weighted by Crippen LogP contribution is 2.33. The third-order valence-electron chi connectivity index (χ3n) is 4.19. The molecule has 26 heavy (non-hydrogen) atoms. The third kappa shape index (κ3) is 4.12. The van der Waals surface area contributed by atoms with Crippen LogP contribution in [-0.4, -0.2) is 12.5 Å². The van der Waals surface area contributed by atoms with Gasteiger partial charge in [0.15, 0.2) is 0 Å². The molecule has 0 bridgehead atoms. The highest BCUT2D eigenvalue weighted by Gasteiger charge is 2.12. The van der Waals surface area contributed by atoms with Gasteiger partial charge in [-0.2, -0.15) is 0 Å². The van der Waals surface area contributed by atoms with Crippen molar-refractivity contribution in [2.75, 3.05) is 11.9 Å². The molecule has 0 fully saturated rings. The van der Waals surface area contributed by atoms with Crippen molar-refractivity contribution in [1.29, 1.82) is 0 Å². The van der Waals surface area contributed by atoms with Gasteiger partial charge in [0.1, 0.15) is 0 Å². The van der Waals surface area contributed by atoms with E-state index >= 15 is 0 Å². The van der Waals surface area contributed by atoms with Crippen molar-refractivity contribution in [1.82, 2.24) is 5.32 Å². The maximum Gasteiger partial charge on any atom is 0.251 e. The van der Waals surface area contributed by atoms with Crippen molar-refractivity contribution in [3.63, 3.8) is 0 Å². The second-order valence-corrected chi connectivity index (χ2v) is 6.91. The SMILES string of the molecule is CCCCNC(=O)c1ccc(Nc2ccc(Cl)cc2Cl)c2ccccc12. The predicted octanol–water partition coefficient (Wildman–Crippen LogP) is 6.42. The van der Waals surface area contributed by atoms with E-state index in [0.29, 0.717) is 22.2 Å². The number of amides is 1. The standard InChI is InChI=1S/C21H20Cl2N2O/c1-2-3-12-24-21(26)17-9-11-19(16-7-5-4-6-15(16)17)25-20-10-8-14(22)13-18(20)23/h4-11,13,25H,2-3,12H2,1H3,(H,24,26). The number of hydrogen-bond acceptors (Lipinski definition) is 2. The second-order valence-electron chi connectivity index (χ2n) is 6.06. The van der Waals surface area contributed by atoms with Crippen LogP contribution in [0.3, 0.4) is 0 Å². The first kappa shape index (κ1) is 18.6. The van der Waals surface area contributed by atoms with Crippen LogP contribution in [0.1, 0.15) is 30.1 Å².